The molecule has 0 fully saturated rings. The first kappa shape index (κ1) is 13.5. The van der Waals surface area contributed by atoms with Gasteiger partial charge in [0, 0.05) is 10.2 Å². The summed E-state index contributed by atoms with van der Waals surface area (Å²) in [6, 6.07) is 3.85. The average molecular weight is 332 g/mol. The zero-order valence-electron chi connectivity index (χ0n) is 9.94. The molecule has 0 saturated carbocycles. The monoisotopic (exact) mass is 331 g/mol. The van der Waals surface area contributed by atoms with Gasteiger partial charge >= 0.3 is 0 Å². The molecule has 0 saturated heterocycles. The number of halogens is 1. The minimum atomic E-state index is -0.298. The van der Waals surface area contributed by atoms with Crippen LogP contribution in [0.15, 0.2) is 16.6 Å². The third kappa shape index (κ3) is 3.11. The number of benzene rings is 1. The van der Waals surface area contributed by atoms with Gasteiger partial charge < -0.3 is 15.2 Å². The molecule has 1 aliphatic heterocycles. The van der Waals surface area contributed by atoms with E-state index in [1.807, 2.05) is 12.1 Å². The van der Waals surface area contributed by atoms with Gasteiger partial charge in [0.2, 0.25) is 5.91 Å². The molecule has 98 valence electrons. The van der Waals surface area contributed by atoms with Crippen molar-refractivity contribution in [2.75, 3.05) is 13.2 Å². The molecule has 0 unspecified atom stereocenters. The number of thioether (sulfide) groups is 1. The van der Waals surface area contributed by atoms with Gasteiger partial charge in [-0.25, -0.2) is 0 Å². The molecule has 4 nitrogen and oxygen atoms in total. The molecule has 18 heavy (non-hydrogen) atoms. The Morgan fingerprint density at radius 1 is 1.44 bits per heavy atom. The fraction of sp³-hybridized carbons (Fsp3) is 0.417. The van der Waals surface area contributed by atoms with Crippen LogP contribution in [0.4, 0.5) is 0 Å². The molecule has 1 heterocycles. The number of hydrogen-bond acceptors (Lipinski definition) is 4. The summed E-state index contributed by atoms with van der Waals surface area (Å²) >= 11 is 5.00. The lowest BCUT2D eigenvalue weighted by atomic mass is 10.2. The maximum Gasteiger partial charge on any atom is 0.230 e. The van der Waals surface area contributed by atoms with Crippen LogP contribution in [0.25, 0.3) is 0 Å². The number of primary amides is 1. The molecule has 1 aliphatic rings. The summed E-state index contributed by atoms with van der Waals surface area (Å²) in [6.07, 6.45) is 0. The Morgan fingerprint density at radius 3 is 2.67 bits per heavy atom. The van der Waals surface area contributed by atoms with Crippen molar-refractivity contribution in [1.82, 2.24) is 0 Å². The Morgan fingerprint density at radius 2 is 2.06 bits per heavy atom. The summed E-state index contributed by atoms with van der Waals surface area (Å²) in [5.74, 6) is 1.91. The van der Waals surface area contributed by atoms with E-state index in [4.69, 9.17) is 15.2 Å². The number of nitrogens with two attached hydrogens (primary N) is 1. The zero-order chi connectivity index (χ0) is 13.1. The second kappa shape index (κ2) is 5.84. The molecule has 0 aliphatic carbocycles. The lowest BCUT2D eigenvalue weighted by Crippen LogP contribution is -2.22. The lowest BCUT2D eigenvalue weighted by Gasteiger charge is -2.20. The van der Waals surface area contributed by atoms with Gasteiger partial charge in [0.1, 0.15) is 13.2 Å². The summed E-state index contributed by atoms with van der Waals surface area (Å²) in [6.45, 7) is 2.95. The third-order valence-corrected chi connectivity index (χ3v) is 4.55. The quantitative estimate of drug-likeness (QED) is 0.919. The van der Waals surface area contributed by atoms with E-state index in [0.29, 0.717) is 19.0 Å². The van der Waals surface area contributed by atoms with Gasteiger partial charge in [-0.15, -0.1) is 11.8 Å². The summed E-state index contributed by atoms with van der Waals surface area (Å²) in [5.41, 5.74) is 6.30. The van der Waals surface area contributed by atoms with E-state index in [0.717, 1.165) is 21.5 Å². The summed E-state index contributed by atoms with van der Waals surface area (Å²) in [5, 5.41) is -0.204. The predicted molar refractivity (Wildman–Crippen MR) is 75.1 cm³/mol. The van der Waals surface area contributed by atoms with E-state index >= 15 is 0 Å². The van der Waals surface area contributed by atoms with Crippen molar-refractivity contribution in [3.8, 4) is 11.5 Å². The minimum absolute atomic E-state index is 0.204. The molecule has 1 aromatic rings. The Balaban J connectivity index is 2.11. The number of carbonyl (C=O) groups excluding carboxylic acids is 1. The highest BCUT2D eigenvalue weighted by Gasteiger charge is 2.16. The largest absolute Gasteiger partial charge is 0.486 e. The van der Waals surface area contributed by atoms with E-state index in [1.165, 1.54) is 11.8 Å². The fourth-order valence-corrected chi connectivity index (χ4v) is 2.99. The van der Waals surface area contributed by atoms with Crippen molar-refractivity contribution in [2.24, 2.45) is 5.73 Å². The summed E-state index contributed by atoms with van der Waals surface area (Å²) < 4.78 is 12.0. The highest BCUT2D eigenvalue weighted by molar-refractivity contribution is 9.10. The van der Waals surface area contributed by atoms with Crippen LogP contribution < -0.4 is 15.2 Å². The van der Waals surface area contributed by atoms with Crippen LogP contribution in [0.2, 0.25) is 0 Å². The van der Waals surface area contributed by atoms with Crippen LogP contribution in [-0.2, 0) is 10.5 Å². The van der Waals surface area contributed by atoms with Crippen molar-refractivity contribution in [2.45, 2.75) is 17.9 Å². The number of hydrogen-bond donors (Lipinski definition) is 1. The van der Waals surface area contributed by atoms with Crippen molar-refractivity contribution < 1.29 is 14.3 Å². The van der Waals surface area contributed by atoms with Gasteiger partial charge in [-0.3, -0.25) is 4.79 Å². The summed E-state index contributed by atoms with van der Waals surface area (Å²) in [7, 11) is 0. The number of amides is 1. The first-order valence-electron chi connectivity index (χ1n) is 5.57. The van der Waals surface area contributed by atoms with Gasteiger partial charge in [0.15, 0.2) is 11.5 Å². The number of carbonyl (C=O) groups is 1. The lowest BCUT2D eigenvalue weighted by molar-refractivity contribution is -0.117. The number of ether oxygens (including phenoxy) is 2. The van der Waals surface area contributed by atoms with E-state index < -0.39 is 0 Å². The number of fused-ring (bicyclic) bond motifs is 1. The molecule has 1 aromatic carbocycles. The van der Waals surface area contributed by atoms with Crippen LogP contribution in [-0.4, -0.2) is 24.4 Å². The van der Waals surface area contributed by atoms with Gasteiger partial charge in [0.05, 0.1) is 5.25 Å². The topological polar surface area (TPSA) is 61.6 Å². The molecule has 2 rings (SSSR count). The van der Waals surface area contributed by atoms with E-state index in [2.05, 4.69) is 15.9 Å². The Hall–Kier alpha value is -0.880. The fourth-order valence-electron chi connectivity index (χ4n) is 1.51. The molecular weight excluding hydrogens is 318 g/mol. The first-order chi connectivity index (χ1) is 8.58. The van der Waals surface area contributed by atoms with Gasteiger partial charge in [-0.05, 0) is 24.6 Å². The van der Waals surface area contributed by atoms with Crippen molar-refractivity contribution in [3.05, 3.63) is 22.2 Å². The Kier molecular flexibility index (Phi) is 4.40. The first-order valence-corrected chi connectivity index (χ1v) is 7.41. The Labute approximate surface area is 118 Å². The third-order valence-electron chi connectivity index (χ3n) is 2.60. The van der Waals surface area contributed by atoms with Gasteiger partial charge in [-0.2, -0.15) is 0 Å². The molecule has 0 radical (unpaired) electrons. The van der Waals surface area contributed by atoms with Crippen LogP contribution in [0.5, 0.6) is 11.5 Å². The zero-order valence-corrected chi connectivity index (χ0v) is 12.3. The van der Waals surface area contributed by atoms with Crippen molar-refractivity contribution in [3.63, 3.8) is 0 Å². The standard InChI is InChI=1S/C12H14BrNO3S/c1-7(12(14)15)18-6-8-4-10-11(5-9(8)13)17-3-2-16-10/h4-5,7H,2-3,6H2,1H3,(H2,14,15)/t7-/m1/s1. The Bertz CT molecular complexity index is 467. The van der Waals surface area contributed by atoms with Crippen LogP contribution in [0.1, 0.15) is 12.5 Å². The molecule has 1 amide bonds. The van der Waals surface area contributed by atoms with E-state index in [1.54, 1.807) is 6.92 Å². The molecule has 1 atom stereocenters. The molecular formula is C12H14BrNO3S. The second-order valence-corrected chi connectivity index (χ2v) is 6.13. The molecule has 0 spiro atoms. The highest BCUT2D eigenvalue weighted by Crippen LogP contribution is 2.37. The van der Waals surface area contributed by atoms with Crippen LogP contribution in [0.3, 0.4) is 0 Å². The van der Waals surface area contributed by atoms with Crippen LogP contribution in [0, 0.1) is 0 Å². The predicted octanol–water partition coefficient (Wildman–Crippen LogP) is 2.33. The number of rotatable bonds is 4. The molecule has 2 N–H and O–H groups in total. The molecule has 6 heteroatoms. The van der Waals surface area contributed by atoms with E-state index in [-0.39, 0.29) is 11.2 Å². The molecule has 0 aromatic heterocycles. The van der Waals surface area contributed by atoms with Crippen molar-refractivity contribution >= 4 is 33.6 Å². The molecule has 0 bridgehead atoms. The van der Waals surface area contributed by atoms with Gasteiger partial charge in [-0.1, -0.05) is 15.9 Å². The SMILES string of the molecule is C[C@@H](SCc1cc2c(cc1Br)OCCO2)C(N)=O. The van der Waals surface area contributed by atoms with Crippen molar-refractivity contribution in [1.29, 1.82) is 0 Å². The maximum atomic E-state index is 11.0. The normalized spacial score (nSPS) is 15.2. The minimum Gasteiger partial charge on any atom is -0.486 e. The van der Waals surface area contributed by atoms with E-state index in [9.17, 15) is 4.79 Å². The summed E-state index contributed by atoms with van der Waals surface area (Å²) in [4.78, 5) is 11.0. The maximum absolute atomic E-state index is 11.0. The average Bonchev–Trinajstić information content (AvgIpc) is 2.35. The van der Waals surface area contributed by atoms with Crippen LogP contribution >= 0.6 is 27.7 Å². The highest BCUT2D eigenvalue weighted by atomic mass is 79.9. The van der Waals surface area contributed by atoms with Gasteiger partial charge in [0.25, 0.3) is 0 Å². The smallest absolute Gasteiger partial charge is 0.230 e. The second-order valence-electron chi connectivity index (χ2n) is 3.94.